The van der Waals surface area contributed by atoms with Crippen LogP contribution in [0.3, 0.4) is 0 Å². The average Bonchev–Trinajstić information content (AvgIpc) is 2.99. The van der Waals surface area contributed by atoms with Crippen LogP contribution in [0, 0.1) is 17.5 Å². The molecule has 4 rings (SSSR count). The Bertz CT molecular complexity index is 1230. The largest absolute Gasteiger partial charge is 0.369 e. The third-order valence-corrected chi connectivity index (χ3v) is 5.20. The molecule has 1 aliphatic heterocycles. The summed E-state index contributed by atoms with van der Waals surface area (Å²) in [4.78, 5) is 22.5. The van der Waals surface area contributed by atoms with Gasteiger partial charge in [-0.25, -0.2) is 22.6 Å². The highest BCUT2D eigenvalue weighted by molar-refractivity contribution is 6.08. The molecule has 0 saturated heterocycles. The number of guanidine groups is 1. The molecule has 1 atom stereocenters. The summed E-state index contributed by atoms with van der Waals surface area (Å²) in [6.07, 6.45) is 1.25. The van der Waals surface area contributed by atoms with Crippen molar-refractivity contribution in [3.05, 3.63) is 89.0 Å². The summed E-state index contributed by atoms with van der Waals surface area (Å²) < 4.78 is 57.4. The molecule has 1 amide bonds. The van der Waals surface area contributed by atoms with E-state index in [1.54, 1.807) is 0 Å². The number of nitrogens with two attached hydrogens (primary N) is 1. The van der Waals surface area contributed by atoms with Gasteiger partial charge in [-0.3, -0.25) is 14.7 Å². The second kappa shape index (κ2) is 7.50. The summed E-state index contributed by atoms with van der Waals surface area (Å²) >= 11 is 0. The first kappa shape index (κ1) is 20.5. The summed E-state index contributed by atoms with van der Waals surface area (Å²) in [5.74, 6) is -3.86. The monoisotopic (exact) mass is 428 g/mol. The minimum Gasteiger partial charge on any atom is -0.369 e. The van der Waals surface area contributed by atoms with Gasteiger partial charge in [0.25, 0.3) is 5.91 Å². The van der Waals surface area contributed by atoms with Gasteiger partial charge in [0.2, 0.25) is 5.54 Å². The van der Waals surface area contributed by atoms with Crippen LogP contribution >= 0.6 is 0 Å². The predicted molar refractivity (Wildman–Crippen MR) is 106 cm³/mol. The Kier molecular flexibility index (Phi) is 4.96. The number of rotatable bonds is 4. The summed E-state index contributed by atoms with van der Waals surface area (Å²) in [6, 6.07) is 9.59. The van der Waals surface area contributed by atoms with Crippen LogP contribution in [-0.4, -0.2) is 28.8 Å². The zero-order valence-electron chi connectivity index (χ0n) is 16.2. The highest BCUT2D eigenvalue weighted by atomic mass is 19.1. The maximum Gasteiger partial charge on any atom is 0.268 e. The van der Waals surface area contributed by atoms with E-state index in [-0.39, 0.29) is 33.9 Å². The number of carbonyl (C=O) groups excluding carboxylic acids is 1. The van der Waals surface area contributed by atoms with Crippen LogP contribution < -0.4 is 5.73 Å². The quantitative estimate of drug-likeness (QED) is 0.645. The fraction of sp³-hybridized carbons (Fsp3) is 0.136. The van der Waals surface area contributed by atoms with Gasteiger partial charge in [-0.2, -0.15) is 0 Å². The molecule has 9 heteroatoms. The molecular weight excluding hydrogens is 412 g/mol. The number of nitrogens with zero attached hydrogens (tertiary/aromatic N) is 3. The molecule has 3 aromatic rings. The summed E-state index contributed by atoms with van der Waals surface area (Å²) in [6.45, 7) is -0.860. The zero-order chi connectivity index (χ0) is 22.3. The molecule has 2 heterocycles. The minimum absolute atomic E-state index is 0.0926. The predicted octanol–water partition coefficient (Wildman–Crippen LogP) is 3.67. The molecular formula is C22H16F4N4O. The molecule has 0 saturated carbocycles. The lowest BCUT2D eigenvalue weighted by molar-refractivity contribution is -0.129. The van der Waals surface area contributed by atoms with E-state index in [4.69, 9.17) is 5.73 Å². The van der Waals surface area contributed by atoms with Crippen molar-refractivity contribution in [3.63, 3.8) is 0 Å². The molecule has 2 N–H and O–H groups in total. The number of pyridine rings is 1. The number of likely N-dealkylation sites (N-methyl/N-ethyl adjacent to an activating group) is 1. The second-order valence-corrected chi connectivity index (χ2v) is 7.02. The molecule has 1 unspecified atom stereocenters. The van der Waals surface area contributed by atoms with Crippen LogP contribution in [0.15, 0.2) is 59.7 Å². The van der Waals surface area contributed by atoms with Gasteiger partial charge in [-0.1, -0.05) is 18.2 Å². The average molecular weight is 428 g/mol. The van der Waals surface area contributed by atoms with Crippen molar-refractivity contribution in [3.8, 4) is 11.1 Å². The van der Waals surface area contributed by atoms with Crippen LogP contribution in [0.2, 0.25) is 0 Å². The molecule has 0 fully saturated rings. The van der Waals surface area contributed by atoms with Crippen LogP contribution in [0.4, 0.5) is 17.6 Å². The lowest BCUT2D eigenvalue weighted by atomic mass is 9.83. The standard InChI is InChI=1S/C22H16F4N4O/c1-30-20(31)22(29-21(30)27,19-8-12(11-23)6-7-28-19)15-9-14(17(25)10-18(15)26)13-4-2-3-5-16(13)24/h2-10H,11H2,1H3,(H2,27,29). The van der Waals surface area contributed by atoms with E-state index in [0.29, 0.717) is 6.07 Å². The molecule has 0 spiro atoms. The van der Waals surface area contributed by atoms with Crippen molar-refractivity contribution in [2.45, 2.75) is 12.2 Å². The maximum atomic E-state index is 15.1. The van der Waals surface area contributed by atoms with E-state index in [2.05, 4.69) is 9.98 Å². The lowest BCUT2D eigenvalue weighted by Gasteiger charge is -2.26. The molecule has 0 radical (unpaired) electrons. The highest BCUT2D eigenvalue weighted by Crippen LogP contribution is 2.42. The molecule has 1 aliphatic rings. The van der Waals surface area contributed by atoms with E-state index in [1.165, 1.54) is 43.6 Å². The molecule has 2 aromatic carbocycles. The first-order chi connectivity index (χ1) is 14.8. The van der Waals surface area contributed by atoms with E-state index in [1.807, 2.05) is 0 Å². The van der Waals surface area contributed by atoms with E-state index >= 15 is 4.39 Å². The van der Waals surface area contributed by atoms with Crippen molar-refractivity contribution in [1.82, 2.24) is 9.88 Å². The van der Waals surface area contributed by atoms with Gasteiger partial charge in [0, 0.05) is 36.0 Å². The Balaban J connectivity index is 2.05. The Morgan fingerprint density at radius 3 is 2.39 bits per heavy atom. The SMILES string of the molecule is CN1C(=O)C(c2cc(CF)ccn2)(c2cc(-c3ccccc3F)c(F)cc2F)N=C1N. The lowest BCUT2D eigenvalue weighted by Crippen LogP contribution is -2.42. The molecule has 1 aromatic heterocycles. The third-order valence-electron chi connectivity index (χ3n) is 5.20. The van der Waals surface area contributed by atoms with Gasteiger partial charge in [0.1, 0.15) is 24.1 Å². The fourth-order valence-electron chi connectivity index (χ4n) is 3.59. The van der Waals surface area contributed by atoms with Gasteiger partial charge in [0.15, 0.2) is 5.96 Å². The van der Waals surface area contributed by atoms with Crippen molar-refractivity contribution >= 4 is 11.9 Å². The van der Waals surface area contributed by atoms with Gasteiger partial charge in [-0.15, -0.1) is 0 Å². The fourth-order valence-corrected chi connectivity index (χ4v) is 3.59. The number of aromatic nitrogens is 1. The van der Waals surface area contributed by atoms with Crippen molar-refractivity contribution in [1.29, 1.82) is 0 Å². The van der Waals surface area contributed by atoms with Gasteiger partial charge >= 0.3 is 0 Å². The number of benzene rings is 2. The number of hydrogen-bond acceptors (Lipinski definition) is 4. The molecule has 158 valence electrons. The number of amides is 1. The zero-order valence-corrected chi connectivity index (χ0v) is 16.2. The number of halogens is 4. The Hall–Kier alpha value is -3.75. The van der Waals surface area contributed by atoms with Crippen LogP contribution in [0.5, 0.6) is 0 Å². The van der Waals surface area contributed by atoms with E-state index in [0.717, 1.165) is 17.0 Å². The second-order valence-electron chi connectivity index (χ2n) is 7.02. The molecule has 0 aliphatic carbocycles. The number of carbonyl (C=O) groups is 1. The van der Waals surface area contributed by atoms with Crippen LogP contribution in [-0.2, 0) is 17.0 Å². The van der Waals surface area contributed by atoms with Crippen LogP contribution in [0.25, 0.3) is 11.1 Å². The Morgan fingerprint density at radius 1 is 1.00 bits per heavy atom. The van der Waals surface area contributed by atoms with E-state index < -0.39 is 35.6 Å². The first-order valence-electron chi connectivity index (χ1n) is 9.19. The summed E-state index contributed by atoms with van der Waals surface area (Å²) in [5.41, 5.74) is 3.02. The Morgan fingerprint density at radius 2 is 1.74 bits per heavy atom. The number of hydrogen-bond donors (Lipinski definition) is 1. The first-order valence-corrected chi connectivity index (χ1v) is 9.19. The molecule has 0 bridgehead atoms. The van der Waals surface area contributed by atoms with Crippen LogP contribution in [0.1, 0.15) is 16.8 Å². The molecule has 31 heavy (non-hydrogen) atoms. The summed E-state index contributed by atoms with van der Waals surface area (Å²) in [5, 5.41) is 0. The van der Waals surface area contributed by atoms with Crippen molar-refractivity contribution in [2.75, 3.05) is 7.05 Å². The van der Waals surface area contributed by atoms with Gasteiger partial charge in [-0.05, 0) is 29.8 Å². The number of alkyl halides is 1. The van der Waals surface area contributed by atoms with Gasteiger partial charge < -0.3 is 5.73 Å². The summed E-state index contributed by atoms with van der Waals surface area (Å²) in [7, 11) is 1.33. The number of aliphatic imine (C=N–C) groups is 1. The molecule has 5 nitrogen and oxygen atoms in total. The normalized spacial score (nSPS) is 18.4. The van der Waals surface area contributed by atoms with E-state index in [9.17, 15) is 18.0 Å². The maximum absolute atomic E-state index is 15.1. The minimum atomic E-state index is -2.12. The van der Waals surface area contributed by atoms with Gasteiger partial charge in [0.05, 0.1) is 5.69 Å². The van der Waals surface area contributed by atoms with Crippen molar-refractivity contribution < 1.29 is 22.4 Å². The van der Waals surface area contributed by atoms with Crippen molar-refractivity contribution in [2.24, 2.45) is 10.7 Å². The highest BCUT2D eigenvalue weighted by Gasteiger charge is 2.52. The smallest absolute Gasteiger partial charge is 0.268 e. The Labute approximate surface area is 174 Å². The third kappa shape index (κ3) is 3.13. The topological polar surface area (TPSA) is 71.6 Å².